The number of hydrogen-bond donors (Lipinski definition) is 1. The molecule has 4 heteroatoms. The average molecular weight is 255 g/mol. The van der Waals surface area contributed by atoms with Gasteiger partial charge in [0.25, 0.3) is 0 Å². The Hall–Kier alpha value is -2.49. The van der Waals surface area contributed by atoms with Crippen molar-refractivity contribution in [2.75, 3.05) is 0 Å². The highest BCUT2D eigenvalue weighted by atomic mass is 16.4. The molecule has 0 spiro atoms. The molecule has 19 heavy (non-hydrogen) atoms. The van der Waals surface area contributed by atoms with E-state index in [1.54, 1.807) is 24.3 Å². The van der Waals surface area contributed by atoms with Crippen molar-refractivity contribution in [1.29, 1.82) is 0 Å². The first kappa shape index (κ1) is 13.0. The summed E-state index contributed by atoms with van der Waals surface area (Å²) in [7, 11) is 0. The largest absolute Gasteiger partial charge is 0.477 e. The lowest BCUT2D eigenvalue weighted by Crippen LogP contribution is -2.05. The van der Waals surface area contributed by atoms with Crippen molar-refractivity contribution < 1.29 is 14.7 Å². The van der Waals surface area contributed by atoms with Gasteiger partial charge in [0.05, 0.1) is 0 Å². The predicted octanol–water partition coefficient (Wildman–Crippen LogP) is 2.60. The molecular formula is C15H13NO3. The van der Waals surface area contributed by atoms with E-state index in [0.29, 0.717) is 24.1 Å². The minimum Gasteiger partial charge on any atom is -0.477 e. The molecule has 96 valence electrons. The minimum absolute atomic E-state index is 0.00431. The number of aromatic carboxylic acids is 1. The Labute approximate surface area is 110 Å². The van der Waals surface area contributed by atoms with Crippen LogP contribution in [0.15, 0.2) is 48.5 Å². The van der Waals surface area contributed by atoms with Gasteiger partial charge in [0, 0.05) is 17.7 Å². The maximum atomic E-state index is 11.9. The standard InChI is InChI=1S/C15H13NO3/c17-14(11-5-2-1-3-6-11)10-9-12-7-4-8-13(16-12)15(18)19/h1-8H,9-10H2,(H,18,19). The average Bonchev–Trinajstić information content (AvgIpc) is 2.46. The van der Waals surface area contributed by atoms with Crippen LogP contribution in [0, 0.1) is 0 Å². The van der Waals surface area contributed by atoms with Crippen LogP contribution < -0.4 is 0 Å². The zero-order valence-electron chi connectivity index (χ0n) is 10.2. The maximum absolute atomic E-state index is 11.9. The summed E-state index contributed by atoms with van der Waals surface area (Å²) in [5.41, 5.74) is 1.28. The predicted molar refractivity (Wildman–Crippen MR) is 70.3 cm³/mol. The molecule has 1 aromatic heterocycles. The Balaban J connectivity index is 2.01. The Morgan fingerprint density at radius 2 is 1.74 bits per heavy atom. The molecule has 0 aliphatic carbocycles. The number of rotatable bonds is 5. The molecule has 4 nitrogen and oxygen atoms in total. The van der Waals surface area contributed by atoms with Crippen molar-refractivity contribution in [2.45, 2.75) is 12.8 Å². The Morgan fingerprint density at radius 3 is 2.42 bits per heavy atom. The lowest BCUT2D eigenvalue weighted by atomic mass is 10.1. The van der Waals surface area contributed by atoms with Gasteiger partial charge in [0.15, 0.2) is 5.78 Å². The quantitative estimate of drug-likeness (QED) is 0.834. The van der Waals surface area contributed by atoms with E-state index >= 15 is 0 Å². The lowest BCUT2D eigenvalue weighted by molar-refractivity contribution is 0.0690. The number of Topliss-reactive ketones (excluding diaryl/α,β-unsaturated/α-hetero) is 1. The van der Waals surface area contributed by atoms with E-state index in [-0.39, 0.29) is 11.5 Å². The summed E-state index contributed by atoms with van der Waals surface area (Å²) in [6.07, 6.45) is 0.759. The van der Waals surface area contributed by atoms with Crippen molar-refractivity contribution in [2.24, 2.45) is 0 Å². The molecule has 0 saturated carbocycles. The highest BCUT2D eigenvalue weighted by Crippen LogP contribution is 2.08. The summed E-state index contributed by atoms with van der Waals surface area (Å²) in [5.74, 6) is -1.03. The summed E-state index contributed by atoms with van der Waals surface area (Å²) in [5, 5.41) is 8.84. The molecule has 0 fully saturated rings. The number of pyridine rings is 1. The summed E-state index contributed by atoms with van der Waals surface area (Å²) in [6, 6.07) is 13.8. The normalized spacial score (nSPS) is 10.1. The van der Waals surface area contributed by atoms with Gasteiger partial charge in [-0.2, -0.15) is 0 Å². The molecule has 0 saturated heterocycles. The number of aromatic nitrogens is 1. The molecule has 0 atom stereocenters. The molecule has 1 aromatic carbocycles. The van der Waals surface area contributed by atoms with Crippen LogP contribution >= 0.6 is 0 Å². The summed E-state index contributed by atoms with van der Waals surface area (Å²) in [6.45, 7) is 0. The van der Waals surface area contributed by atoms with Crippen LogP contribution in [0.5, 0.6) is 0 Å². The zero-order chi connectivity index (χ0) is 13.7. The van der Waals surface area contributed by atoms with Crippen LogP contribution in [0.2, 0.25) is 0 Å². The lowest BCUT2D eigenvalue weighted by Gasteiger charge is -2.02. The fraction of sp³-hybridized carbons (Fsp3) is 0.133. The number of benzene rings is 1. The number of carbonyl (C=O) groups is 2. The van der Waals surface area contributed by atoms with Gasteiger partial charge in [0.1, 0.15) is 5.69 Å². The van der Waals surface area contributed by atoms with Gasteiger partial charge >= 0.3 is 5.97 Å². The fourth-order valence-corrected chi connectivity index (χ4v) is 1.75. The second-order valence-electron chi connectivity index (χ2n) is 4.11. The maximum Gasteiger partial charge on any atom is 0.354 e. The van der Waals surface area contributed by atoms with E-state index in [0.717, 1.165) is 0 Å². The first-order chi connectivity index (χ1) is 9.16. The topological polar surface area (TPSA) is 67.3 Å². The van der Waals surface area contributed by atoms with E-state index in [1.165, 1.54) is 6.07 Å². The molecule has 1 heterocycles. The van der Waals surface area contributed by atoms with E-state index in [9.17, 15) is 9.59 Å². The van der Waals surface area contributed by atoms with E-state index < -0.39 is 5.97 Å². The molecule has 0 aliphatic heterocycles. The van der Waals surface area contributed by atoms with Gasteiger partial charge < -0.3 is 5.11 Å². The first-order valence-electron chi connectivity index (χ1n) is 5.94. The molecule has 2 aromatic rings. The number of carboxylic acids is 1. The fourth-order valence-electron chi connectivity index (χ4n) is 1.75. The Bertz CT molecular complexity index is 593. The highest BCUT2D eigenvalue weighted by molar-refractivity contribution is 5.96. The highest BCUT2D eigenvalue weighted by Gasteiger charge is 2.08. The summed E-state index contributed by atoms with van der Waals surface area (Å²) in [4.78, 5) is 26.7. The first-order valence-corrected chi connectivity index (χ1v) is 5.94. The van der Waals surface area contributed by atoms with Gasteiger partial charge in [-0.1, -0.05) is 36.4 Å². The molecule has 0 unspecified atom stereocenters. The van der Waals surface area contributed by atoms with E-state index in [1.807, 2.05) is 18.2 Å². The number of hydrogen-bond acceptors (Lipinski definition) is 3. The summed E-state index contributed by atoms with van der Waals surface area (Å²) < 4.78 is 0. The molecule has 0 amide bonds. The van der Waals surface area contributed by atoms with Crippen molar-refractivity contribution in [3.05, 3.63) is 65.5 Å². The molecule has 0 radical (unpaired) electrons. The van der Waals surface area contributed by atoms with Crippen LogP contribution in [0.1, 0.15) is 33.0 Å². The van der Waals surface area contributed by atoms with E-state index in [2.05, 4.69) is 4.98 Å². The molecule has 1 N–H and O–H groups in total. The van der Waals surface area contributed by atoms with Crippen LogP contribution in [-0.2, 0) is 6.42 Å². The molecule has 0 aliphatic rings. The Kier molecular flexibility index (Phi) is 4.03. The minimum atomic E-state index is -1.06. The smallest absolute Gasteiger partial charge is 0.354 e. The number of ketones is 1. The third-order valence-electron chi connectivity index (χ3n) is 2.73. The van der Waals surface area contributed by atoms with Crippen molar-refractivity contribution in [1.82, 2.24) is 4.98 Å². The van der Waals surface area contributed by atoms with Gasteiger partial charge in [-0.05, 0) is 18.6 Å². The number of nitrogens with zero attached hydrogens (tertiary/aromatic N) is 1. The van der Waals surface area contributed by atoms with Crippen LogP contribution in [0.25, 0.3) is 0 Å². The van der Waals surface area contributed by atoms with E-state index in [4.69, 9.17) is 5.11 Å². The number of aryl methyl sites for hydroxylation is 1. The third kappa shape index (κ3) is 3.48. The monoisotopic (exact) mass is 255 g/mol. The van der Waals surface area contributed by atoms with Crippen molar-refractivity contribution in [3.8, 4) is 0 Å². The van der Waals surface area contributed by atoms with Gasteiger partial charge in [-0.3, -0.25) is 4.79 Å². The van der Waals surface area contributed by atoms with Gasteiger partial charge in [-0.15, -0.1) is 0 Å². The van der Waals surface area contributed by atoms with Crippen molar-refractivity contribution >= 4 is 11.8 Å². The van der Waals surface area contributed by atoms with Crippen LogP contribution in [0.3, 0.4) is 0 Å². The zero-order valence-corrected chi connectivity index (χ0v) is 10.2. The van der Waals surface area contributed by atoms with Crippen molar-refractivity contribution in [3.63, 3.8) is 0 Å². The van der Waals surface area contributed by atoms with Gasteiger partial charge in [0.2, 0.25) is 0 Å². The van der Waals surface area contributed by atoms with Crippen LogP contribution in [0.4, 0.5) is 0 Å². The summed E-state index contributed by atoms with van der Waals surface area (Å²) >= 11 is 0. The molecular weight excluding hydrogens is 242 g/mol. The Morgan fingerprint density at radius 1 is 1.00 bits per heavy atom. The third-order valence-corrected chi connectivity index (χ3v) is 2.73. The van der Waals surface area contributed by atoms with Gasteiger partial charge in [-0.25, -0.2) is 9.78 Å². The molecule has 0 bridgehead atoms. The second-order valence-corrected chi connectivity index (χ2v) is 4.11. The molecule has 2 rings (SSSR count). The number of carbonyl (C=O) groups excluding carboxylic acids is 1. The van der Waals surface area contributed by atoms with Crippen LogP contribution in [-0.4, -0.2) is 21.8 Å². The SMILES string of the molecule is O=C(CCc1cccc(C(=O)O)n1)c1ccccc1. The number of carboxylic acid groups (broad SMARTS) is 1. The second kappa shape index (κ2) is 5.91.